The second-order valence-corrected chi connectivity index (χ2v) is 5.56. The Labute approximate surface area is 125 Å². The third-order valence-corrected chi connectivity index (χ3v) is 3.59. The molecule has 1 aromatic rings. The maximum atomic E-state index is 12.2. The first-order chi connectivity index (χ1) is 9.99. The molecule has 1 aliphatic rings. The zero-order chi connectivity index (χ0) is 15.4. The minimum atomic E-state index is -0.128. The van der Waals surface area contributed by atoms with Crippen LogP contribution < -0.4 is 0 Å². The predicted molar refractivity (Wildman–Crippen MR) is 79.8 cm³/mol. The molecule has 5 nitrogen and oxygen atoms in total. The molecule has 0 N–H and O–H groups in total. The van der Waals surface area contributed by atoms with Gasteiger partial charge in [0.15, 0.2) is 0 Å². The molecule has 0 aromatic heterocycles. The lowest BCUT2D eigenvalue weighted by Gasteiger charge is -2.34. The first-order valence-corrected chi connectivity index (χ1v) is 7.11. The Hall–Kier alpha value is -1.88. The average molecular weight is 290 g/mol. The lowest BCUT2D eigenvalue weighted by Crippen LogP contribution is -2.52. The predicted octanol–water partition coefficient (Wildman–Crippen LogP) is 1.12. The number of hydrogen-bond acceptors (Lipinski definition) is 3. The lowest BCUT2D eigenvalue weighted by atomic mass is 10.1. The highest BCUT2D eigenvalue weighted by Gasteiger charge is 2.26. The average Bonchev–Trinajstić information content (AvgIpc) is 2.40. The van der Waals surface area contributed by atoms with Gasteiger partial charge in [-0.2, -0.15) is 0 Å². The van der Waals surface area contributed by atoms with Crippen LogP contribution in [0.2, 0.25) is 0 Å². The van der Waals surface area contributed by atoms with Gasteiger partial charge in [-0.05, 0) is 19.4 Å². The molecule has 0 spiro atoms. The van der Waals surface area contributed by atoms with E-state index in [4.69, 9.17) is 4.74 Å². The number of methoxy groups -OCH3 is 1. The first-order valence-electron chi connectivity index (χ1n) is 7.11. The summed E-state index contributed by atoms with van der Waals surface area (Å²) in [5, 5.41) is 0. The fraction of sp³-hybridized carbons (Fsp3) is 0.500. The smallest absolute Gasteiger partial charge is 0.249 e. The molecule has 0 radical (unpaired) electrons. The largest absolute Gasteiger partial charge is 0.375 e. The maximum absolute atomic E-state index is 12.2. The molecule has 1 heterocycles. The van der Waals surface area contributed by atoms with Crippen LogP contribution in [0.15, 0.2) is 18.2 Å². The molecule has 5 heteroatoms. The Morgan fingerprint density at radius 1 is 1.19 bits per heavy atom. The number of carbonyl (C=O) groups excluding carboxylic acids is 2. The molecule has 1 aromatic carbocycles. The molecule has 0 unspecified atom stereocenters. The van der Waals surface area contributed by atoms with Crippen molar-refractivity contribution in [1.82, 2.24) is 9.80 Å². The number of benzene rings is 1. The van der Waals surface area contributed by atoms with Gasteiger partial charge in [0, 0.05) is 26.7 Å². The van der Waals surface area contributed by atoms with Gasteiger partial charge in [0.25, 0.3) is 0 Å². The summed E-state index contributed by atoms with van der Waals surface area (Å²) < 4.78 is 4.82. The molecule has 2 rings (SSSR count). The quantitative estimate of drug-likeness (QED) is 0.835. The normalized spacial score (nSPS) is 15.5. The number of amides is 2. The molecule has 114 valence electrons. The summed E-state index contributed by atoms with van der Waals surface area (Å²) in [6.07, 6.45) is 0. The van der Waals surface area contributed by atoms with E-state index in [-0.39, 0.29) is 25.0 Å². The van der Waals surface area contributed by atoms with Crippen molar-refractivity contribution in [3.8, 4) is 0 Å². The Kier molecular flexibility index (Phi) is 4.96. The summed E-state index contributed by atoms with van der Waals surface area (Å²) in [6, 6.07) is 6.32. The topological polar surface area (TPSA) is 49.9 Å². The van der Waals surface area contributed by atoms with E-state index in [1.807, 2.05) is 4.90 Å². The van der Waals surface area contributed by atoms with E-state index in [2.05, 4.69) is 32.0 Å². The molecule has 1 saturated heterocycles. The maximum Gasteiger partial charge on any atom is 0.249 e. The van der Waals surface area contributed by atoms with Crippen molar-refractivity contribution in [2.24, 2.45) is 0 Å². The van der Waals surface area contributed by atoms with Crippen LogP contribution in [0.3, 0.4) is 0 Å². The van der Waals surface area contributed by atoms with Gasteiger partial charge in [0.05, 0.1) is 6.54 Å². The molecule has 0 saturated carbocycles. The fourth-order valence-corrected chi connectivity index (χ4v) is 2.68. The van der Waals surface area contributed by atoms with Crippen molar-refractivity contribution < 1.29 is 14.3 Å². The number of carbonyl (C=O) groups is 2. The second-order valence-electron chi connectivity index (χ2n) is 5.56. The standard InChI is InChI=1S/C16H22N2O3/c1-12-6-13(2)8-14(7-12)9-17-4-5-18(10-15(17)19)16(20)11-21-3/h6-8H,4-5,9-11H2,1-3H3. The summed E-state index contributed by atoms with van der Waals surface area (Å²) in [5.74, 6) is -0.137. The van der Waals surface area contributed by atoms with E-state index in [0.29, 0.717) is 19.6 Å². The van der Waals surface area contributed by atoms with Crippen molar-refractivity contribution in [3.63, 3.8) is 0 Å². The molecule has 0 aliphatic carbocycles. The second kappa shape index (κ2) is 6.72. The van der Waals surface area contributed by atoms with Crippen LogP contribution in [-0.2, 0) is 20.9 Å². The minimum absolute atomic E-state index is 0.00939. The third kappa shape index (κ3) is 4.04. The van der Waals surface area contributed by atoms with Crippen molar-refractivity contribution in [2.45, 2.75) is 20.4 Å². The Morgan fingerprint density at radius 2 is 1.86 bits per heavy atom. The van der Waals surface area contributed by atoms with E-state index in [1.165, 1.54) is 18.2 Å². The van der Waals surface area contributed by atoms with Gasteiger partial charge >= 0.3 is 0 Å². The summed E-state index contributed by atoms with van der Waals surface area (Å²) in [6.45, 7) is 6.03. The number of aryl methyl sites for hydroxylation is 2. The zero-order valence-electron chi connectivity index (χ0n) is 12.9. The van der Waals surface area contributed by atoms with Crippen molar-refractivity contribution in [1.29, 1.82) is 0 Å². The lowest BCUT2D eigenvalue weighted by molar-refractivity contribution is -0.147. The van der Waals surface area contributed by atoms with E-state index in [0.717, 1.165) is 5.56 Å². The van der Waals surface area contributed by atoms with Gasteiger partial charge in [-0.1, -0.05) is 29.3 Å². The molecule has 1 aliphatic heterocycles. The highest BCUT2D eigenvalue weighted by Crippen LogP contribution is 2.13. The minimum Gasteiger partial charge on any atom is -0.375 e. The van der Waals surface area contributed by atoms with Crippen molar-refractivity contribution in [2.75, 3.05) is 33.4 Å². The SMILES string of the molecule is COCC(=O)N1CCN(Cc2cc(C)cc(C)c2)C(=O)C1. The summed E-state index contributed by atoms with van der Waals surface area (Å²) in [4.78, 5) is 27.3. The molecule has 21 heavy (non-hydrogen) atoms. The van der Waals surface area contributed by atoms with Gasteiger partial charge in [0.1, 0.15) is 6.61 Å². The van der Waals surface area contributed by atoms with Crippen LogP contribution >= 0.6 is 0 Å². The van der Waals surface area contributed by atoms with Crippen molar-refractivity contribution >= 4 is 11.8 Å². The monoisotopic (exact) mass is 290 g/mol. The zero-order valence-corrected chi connectivity index (χ0v) is 12.9. The molecule has 2 amide bonds. The summed E-state index contributed by atoms with van der Waals surface area (Å²) in [7, 11) is 1.48. The fourth-order valence-electron chi connectivity index (χ4n) is 2.68. The van der Waals surface area contributed by atoms with Gasteiger partial charge < -0.3 is 14.5 Å². The molecule has 0 bridgehead atoms. The van der Waals surface area contributed by atoms with Gasteiger partial charge in [-0.15, -0.1) is 0 Å². The van der Waals surface area contributed by atoms with Crippen LogP contribution in [0, 0.1) is 13.8 Å². The van der Waals surface area contributed by atoms with Crippen LogP contribution in [0.1, 0.15) is 16.7 Å². The molecular formula is C16H22N2O3. The number of piperazine rings is 1. The first kappa shape index (κ1) is 15.5. The van der Waals surface area contributed by atoms with E-state index in [9.17, 15) is 9.59 Å². The Bertz CT molecular complexity index is 522. The van der Waals surface area contributed by atoms with E-state index in [1.54, 1.807) is 4.90 Å². The van der Waals surface area contributed by atoms with E-state index < -0.39 is 0 Å². The van der Waals surface area contributed by atoms with Gasteiger partial charge in [-0.3, -0.25) is 9.59 Å². The van der Waals surface area contributed by atoms with E-state index >= 15 is 0 Å². The van der Waals surface area contributed by atoms with Crippen LogP contribution in [0.5, 0.6) is 0 Å². The number of ether oxygens (including phenoxy) is 1. The van der Waals surface area contributed by atoms with Crippen LogP contribution in [0.4, 0.5) is 0 Å². The summed E-state index contributed by atoms with van der Waals surface area (Å²) >= 11 is 0. The van der Waals surface area contributed by atoms with Crippen LogP contribution in [0.25, 0.3) is 0 Å². The highest BCUT2D eigenvalue weighted by atomic mass is 16.5. The molecular weight excluding hydrogens is 268 g/mol. The Morgan fingerprint density at radius 3 is 2.43 bits per heavy atom. The number of nitrogens with zero attached hydrogens (tertiary/aromatic N) is 2. The highest BCUT2D eigenvalue weighted by molar-refractivity contribution is 5.86. The number of hydrogen-bond donors (Lipinski definition) is 0. The third-order valence-electron chi connectivity index (χ3n) is 3.59. The van der Waals surface area contributed by atoms with Gasteiger partial charge in [-0.25, -0.2) is 0 Å². The molecule has 0 atom stereocenters. The van der Waals surface area contributed by atoms with Gasteiger partial charge in [0.2, 0.25) is 11.8 Å². The van der Waals surface area contributed by atoms with Crippen LogP contribution in [-0.4, -0.2) is 55.0 Å². The summed E-state index contributed by atoms with van der Waals surface area (Å²) in [5.41, 5.74) is 3.54. The van der Waals surface area contributed by atoms with Crippen molar-refractivity contribution in [3.05, 3.63) is 34.9 Å². The number of rotatable bonds is 4. The Balaban J connectivity index is 1.97. The molecule has 1 fully saturated rings.